The quantitative estimate of drug-likeness (QED) is 0.234. The summed E-state index contributed by atoms with van der Waals surface area (Å²) in [7, 11) is 0. The number of aryl methyl sites for hydroxylation is 1. The van der Waals surface area contributed by atoms with Crippen LogP contribution < -0.4 is 5.01 Å². The third-order valence-corrected chi connectivity index (χ3v) is 5.44. The van der Waals surface area contributed by atoms with Gasteiger partial charge in [0.25, 0.3) is 0 Å². The number of para-hydroxylation sites is 3. The van der Waals surface area contributed by atoms with Crippen molar-refractivity contribution in [2.24, 2.45) is 5.10 Å². The van der Waals surface area contributed by atoms with Crippen LogP contribution in [0, 0.1) is 0 Å². The first kappa shape index (κ1) is 18.2. The van der Waals surface area contributed by atoms with E-state index >= 15 is 0 Å². The highest BCUT2D eigenvalue weighted by atomic mass is 15.5. The minimum atomic E-state index is 0.935. The average Bonchev–Trinajstić information content (AvgIpc) is 3.13. The Morgan fingerprint density at radius 2 is 1.30 bits per heavy atom. The summed E-state index contributed by atoms with van der Waals surface area (Å²) in [6, 6.07) is 35.7. The molecule has 0 bridgehead atoms. The third kappa shape index (κ3) is 3.25. The van der Waals surface area contributed by atoms with E-state index in [4.69, 9.17) is 5.10 Å². The van der Waals surface area contributed by atoms with Gasteiger partial charge in [-0.15, -0.1) is 0 Å². The fourth-order valence-corrected chi connectivity index (χ4v) is 4.03. The van der Waals surface area contributed by atoms with Gasteiger partial charge in [-0.25, -0.2) is 5.01 Å². The van der Waals surface area contributed by atoms with E-state index in [-0.39, 0.29) is 0 Å². The molecule has 0 aliphatic heterocycles. The lowest BCUT2D eigenvalue weighted by Gasteiger charge is -2.19. The molecule has 0 radical (unpaired) electrons. The molecule has 0 unspecified atom stereocenters. The van der Waals surface area contributed by atoms with Crippen molar-refractivity contribution in [1.82, 2.24) is 4.57 Å². The molecule has 0 aliphatic carbocycles. The van der Waals surface area contributed by atoms with Crippen molar-refractivity contribution in [3.8, 4) is 0 Å². The molecular formula is C27H23N3. The molecule has 0 saturated carbocycles. The molecule has 5 rings (SSSR count). The lowest BCUT2D eigenvalue weighted by atomic mass is 10.1. The first-order chi connectivity index (χ1) is 14.8. The fraction of sp³-hybridized carbons (Fsp3) is 0.0741. The van der Waals surface area contributed by atoms with E-state index in [2.05, 4.69) is 78.2 Å². The van der Waals surface area contributed by atoms with Gasteiger partial charge >= 0.3 is 0 Å². The predicted octanol–water partition coefficient (Wildman–Crippen LogP) is 6.99. The molecule has 146 valence electrons. The van der Waals surface area contributed by atoms with Crippen LogP contribution in [0.15, 0.2) is 108 Å². The maximum Gasteiger partial charge on any atom is 0.0652 e. The summed E-state index contributed by atoms with van der Waals surface area (Å²) in [5, 5.41) is 9.41. The summed E-state index contributed by atoms with van der Waals surface area (Å²) >= 11 is 0. The van der Waals surface area contributed by atoms with E-state index in [1.165, 1.54) is 21.8 Å². The van der Waals surface area contributed by atoms with Gasteiger partial charge < -0.3 is 4.57 Å². The molecule has 0 amide bonds. The molecule has 3 heteroatoms. The van der Waals surface area contributed by atoms with Gasteiger partial charge in [0.1, 0.15) is 0 Å². The Morgan fingerprint density at radius 3 is 1.97 bits per heavy atom. The molecule has 1 aromatic heterocycles. The highest BCUT2D eigenvalue weighted by Gasteiger charge is 2.10. The number of hydrogen-bond donors (Lipinski definition) is 0. The molecule has 4 aromatic carbocycles. The Labute approximate surface area is 176 Å². The topological polar surface area (TPSA) is 20.5 Å². The highest BCUT2D eigenvalue weighted by molar-refractivity contribution is 6.09. The Bertz CT molecular complexity index is 1280. The van der Waals surface area contributed by atoms with Gasteiger partial charge in [-0.1, -0.05) is 66.7 Å². The lowest BCUT2D eigenvalue weighted by molar-refractivity contribution is 0.827. The maximum absolute atomic E-state index is 4.85. The number of fused-ring (bicyclic) bond motifs is 3. The van der Waals surface area contributed by atoms with E-state index in [9.17, 15) is 0 Å². The monoisotopic (exact) mass is 389 g/mol. The van der Waals surface area contributed by atoms with Gasteiger partial charge in [0, 0.05) is 28.4 Å². The summed E-state index contributed by atoms with van der Waals surface area (Å²) in [6.45, 7) is 3.13. The van der Waals surface area contributed by atoms with E-state index in [0.29, 0.717) is 0 Å². The molecule has 0 saturated heterocycles. The number of hydrogen-bond acceptors (Lipinski definition) is 2. The Kier molecular flexibility index (Phi) is 4.78. The average molecular weight is 390 g/mol. The van der Waals surface area contributed by atoms with Crippen molar-refractivity contribution in [2.45, 2.75) is 13.5 Å². The molecule has 1 heterocycles. The summed E-state index contributed by atoms with van der Waals surface area (Å²) in [4.78, 5) is 0. The summed E-state index contributed by atoms with van der Waals surface area (Å²) < 4.78 is 2.37. The summed E-state index contributed by atoms with van der Waals surface area (Å²) in [5.74, 6) is 0. The molecular weight excluding hydrogens is 366 g/mol. The molecule has 3 nitrogen and oxygen atoms in total. The van der Waals surface area contributed by atoms with Crippen molar-refractivity contribution in [2.75, 3.05) is 5.01 Å². The van der Waals surface area contributed by atoms with E-state index in [1.54, 1.807) is 0 Å². The largest absolute Gasteiger partial charge is 0.341 e. The molecule has 0 spiro atoms. The molecule has 0 N–H and O–H groups in total. The van der Waals surface area contributed by atoms with Crippen LogP contribution in [0.3, 0.4) is 0 Å². The number of benzene rings is 4. The minimum Gasteiger partial charge on any atom is -0.341 e. The third-order valence-electron chi connectivity index (χ3n) is 5.44. The van der Waals surface area contributed by atoms with Crippen LogP contribution in [0.1, 0.15) is 12.5 Å². The van der Waals surface area contributed by atoms with Gasteiger partial charge in [-0.3, -0.25) is 0 Å². The standard InChI is InChI=1S/C27H23N3/c1-2-29-26-16-10-9-15-24(26)25-18-17-21(19-27(25)29)20-28-30(22-11-5-3-6-12-22)23-13-7-4-8-14-23/h3-20H,2H2,1H3/b28-20+. The summed E-state index contributed by atoms with van der Waals surface area (Å²) in [6.07, 6.45) is 1.94. The van der Waals surface area contributed by atoms with Crippen LogP contribution in [0.2, 0.25) is 0 Å². The van der Waals surface area contributed by atoms with Gasteiger partial charge in [0.15, 0.2) is 0 Å². The SMILES string of the molecule is CCn1c2ccccc2c2ccc(/C=N/N(c3ccccc3)c3ccccc3)cc21. The fourth-order valence-electron chi connectivity index (χ4n) is 4.03. The van der Waals surface area contributed by atoms with Crippen molar-refractivity contribution in [1.29, 1.82) is 0 Å². The van der Waals surface area contributed by atoms with E-state index in [1.807, 2.05) is 47.6 Å². The van der Waals surface area contributed by atoms with E-state index in [0.717, 1.165) is 23.5 Å². The van der Waals surface area contributed by atoms with Crippen LogP contribution in [0.4, 0.5) is 11.4 Å². The summed E-state index contributed by atoms with van der Waals surface area (Å²) in [5.41, 5.74) is 5.66. The molecule has 0 aliphatic rings. The first-order valence-corrected chi connectivity index (χ1v) is 10.3. The normalized spacial score (nSPS) is 11.5. The van der Waals surface area contributed by atoms with E-state index < -0.39 is 0 Å². The smallest absolute Gasteiger partial charge is 0.0652 e. The lowest BCUT2D eigenvalue weighted by Crippen LogP contribution is -2.09. The highest BCUT2D eigenvalue weighted by Crippen LogP contribution is 2.30. The zero-order valence-corrected chi connectivity index (χ0v) is 16.9. The minimum absolute atomic E-state index is 0.935. The zero-order valence-electron chi connectivity index (χ0n) is 16.9. The number of nitrogens with zero attached hydrogens (tertiary/aromatic N) is 3. The second-order valence-corrected chi connectivity index (χ2v) is 7.27. The van der Waals surface area contributed by atoms with Crippen molar-refractivity contribution in [3.05, 3.63) is 109 Å². The predicted molar refractivity (Wildman–Crippen MR) is 128 cm³/mol. The van der Waals surface area contributed by atoms with Crippen molar-refractivity contribution in [3.63, 3.8) is 0 Å². The van der Waals surface area contributed by atoms with Crippen LogP contribution in [-0.4, -0.2) is 10.8 Å². The van der Waals surface area contributed by atoms with Crippen molar-refractivity contribution >= 4 is 39.4 Å². The van der Waals surface area contributed by atoms with Crippen LogP contribution in [0.5, 0.6) is 0 Å². The van der Waals surface area contributed by atoms with Crippen LogP contribution >= 0.6 is 0 Å². The second-order valence-electron chi connectivity index (χ2n) is 7.27. The second kappa shape index (κ2) is 7.88. The van der Waals surface area contributed by atoms with Gasteiger partial charge in [0.2, 0.25) is 0 Å². The number of hydrazone groups is 1. The zero-order chi connectivity index (χ0) is 20.3. The van der Waals surface area contributed by atoms with Gasteiger partial charge in [0.05, 0.1) is 17.6 Å². The van der Waals surface area contributed by atoms with Crippen molar-refractivity contribution < 1.29 is 0 Å². The number of aromatic nitrogens is 1. The molecule has 30 heavy (non-hydrogen) atoms. The number of rotatable bonds is 5. The number of anilines is 2. The molecule has 5 aromatic rings. The maximum atomic E-state index is 4.85. The van der Waals surface area contributed by atoms with Crippen LogP contribution in [-0.2, 0) is 6.54 Å². The molecule has 0 atom stereocenters. The van der Waals surface area contributed by atoms with Gasteiger partial charge in [-0.2, -0.15) is 5.10 Å². The first-order valence-electron chi connectivity index (χ1n) is 10.3. The molecule has 0 fully saturated rings. The Morgan fingerprint density at radius 1 is 0.700 bits per heavy atom. The van der Waals surface area contributed by atoms with Gasteiger partial charge in [-0.05, 0) is 48.9 Å². The van der Waals surface area contributed by atoms with Crippen LogP contribution in [0.25, 0.3) is 21.8 Å². The Hall–Kier alpha value is -3.85. The Balaban J connectivity index is 1.58.